The van der Waals surface area contributed by atoms with Crippen LogP contribution in [0.3, 0.4) is 0 Å². The van der Waals surface area contributed by atoms with Gasteiger partial charge in [-0.25, -0.2) is 0 Å². The molecule has 0 fully saturated rings. The van der Waals surface area contributed by atoms with Crippen molar-refractivity contribution in [2.24, 2.45) is 7.05 Å². The average molecular weight is 336 g/mol. The summed E-state index contributed by atoms with van der Waals surface area (Å²) in [7, 11) is 2.02. The quantitative estimate of drug-likeness (QED) is 0.870. The van der Waals surface area contributed by atoms with Crippen LogP contribution in [0.1, 0.15) is 36.3 Å². The van der Waals surface area contributed by atoms with Crippen LogP contribution < -0.4 is 5.32 Å². The summed E-state index contributed by atoms with van der Waals surface area (Å²) in [5.41, 5.74) is 3.65. The van der Waals surface area contributed by atoms with E-state index in [1.165, 1.54) is 11.3 Å². The van der Waals surface area contributed by atoms with E-state index in [2.05, 4.69) is 63.6 Å². The topological polar surface area (TPSA) is 29.9 Å². The summed E-state index contributed by atoms with van der Waals surface area (Å²) in [6.07, 6.45) is 2.11. The van der Waals surface area contributed by atoms with Crippen LogP contribution in [-0.4, -0.2) is 16.3 Å². The molecule has 1 heterocycles. The van der Waals surface area contributed by atoms with E-state index in [0.717, 1.165) is 29.6 Å². The molecular formula is C16H22BrN3. The third kappa shape index (κ3) is 3.93. The maximum atomic E-state index is 4.46. The fourth-order valence-corrected chi connectivity index (χ4v) is 2.68. The Bertz CT molecular complexity index is 545. The Balaban J connectivity index is 2.19. The van der Waals surface area contributed by atoms with E-state index in [9.17, 15) is 0 Å². The Morgan fingerprint density at radius 3 is 2.55 bits per heavy atom. The molecule has 1 aromatic heterocycles. The zero-order valence-electron chi connectivity index (χ0n) is 12.4. The van der Waals surface area contributed by atoms with Gasteiger partial charge in [0.15, 0.2) is 0 Å². The van der Waals surface area contributed by atoms with E-state index < -0.39 is 0 Å². The van der Waals surface area contributed by atoms with E-state index in [0.29, 0.717) is 6.04 Å². The molecule has 1 unspecified atom stereocenters. The maximum Gasteiger partial charge on any atom is 0.0597 e. The van der Waals surface area contributed by atoms with E-state index >= 15 is 0 Å². The Morgan fingerprint density at radius 2 is 2.00 bits per heavy atom. The van der Waals surface area contributed by atoms with Crippen LogP contribution in [0.15, 0.2) is 34.8 Å². The summed E-state index contributed by atoms with van der Waals surface area (Å²) < 4.78 is 3.11. The molecule has 2 rings (SSSR count). The van der Waals surface area contributed by atoms with Gasteiger partial charge in [0, 0.05) is 11.5 Å². The lowest BCUT2D eigenvalue weighted by Gasteiger charge is -2.19. The Hall–Kier alpha value is -1.13. The molecule has 0 saturated heterocycles. The Morgan fingerprint density at radius 1 is 1.30 bits per heavy atom. The predicted octanol–water partition coefficient (Wildman–Crippen LogP) is 3.77. The largest absolute Gasteiger partial charge is 0.308 e. The van der Waals surface area contributed by atoms with E-state index in [1.54, 1.807) is 0 Å². The molecule has 0 radical (unpaired) electrons. The van der Waals surface area contributed by atoms with Crippen molar-refractivity contribution in [2.75, 3.05) is 6.54 Å². The smallest absolute Gasteiger partial charge is 0.0597 e. The Labute approximate surface area is 129 Å². The SMILES string of the molecule is CCCNC(Cc1ccc(Br)cc1)c1cc(C)nn1C. The molecule has 0 saturated carbocycles. The van der Waals surface area contributed by atoms with Crippen molar-refractivity contribution in [2.45, 2.75) is 32.7 Å². The molecule has 1 aromatic carbocycles. The standard InChI is InChI=1S/C16H22BrN3/c1-4-9-18-15(16-10-12(2)19-20(16)3)11-13-5-7-14(17)8-6-13/h5-8,10,15,18H,4,9,11H2,1-3H3. The first-order chi connectivity index (χ1) is 9.60. The summed E-state index contributed by atoms with van der Waals surface area (Å²) >= 11 is 3.48. The van der Waals surface area contributed by atoms with Crippen molar-refractivity contribution in [1.29, 1.82) is 0 Å². The number of aryl methyl sites for hydroxylation is 2. The first-order valence-corrected chi connectivity index (χ1v) is 7.87. The number of nitrogens with zero attached hydrogens (tertiary/aromatic N) is 2. The van der Waals surface area contributed by atoms with Gasteiger partial charge in [0.05, 0.1) is 17.4 Å². The Kier molecular flexibility index (Phi) is 5.38. The lowest BCUT2D eigenvalue weighted by Crippen LogP contribution is -2.26. The molecule has 2 aromatic rings. The molecule has 0 amide bonds. The van der Waals surface area contributed by atoms with Gasteiger partial charge in [-0.2, -0.15) is 5.10 Å². The highest BCUT2D eigenvalue weighted by Gasteiger charge is 2.16. The highest BCUT2D eigenvalue weighted by Crippen LogP contribution is 2.20. The van der Waals surface area contributed by atoms with Gasteiger partial charge in [-0.3, -0.25) is 4.68 Å². The average Bonchev–Trinajstić information content (AvgIpc) is 2.76. The predicted molar refractivity (Wildman–Crippen MR) is 86.8 cm³/mol. The van der Waals surface area contributed by atoms with Crippen molar-refractivity contribution >= 4 is 15.9 Å². The fourth-order valence-electron chi connectivity index (χ4n) is 2.41. The van der Waals surface area contributed by atoms with Gasteiger partial charge in [-0.15, -0.1) is 0 Å². The highest BCUT2D eigenvalue weighted by molar-refractivity contribution is 9.10. The van der Waals surface area contributed by atoms with Gasteiger partial charge >= 0.3 is 0 Å². The molecule has 20 heavy (non-hydrogen) atoms. The zero-order chi connectivity index (χ0) is 14.5. The minimum absolute atomic E-state index is 0.308. The number of halogens is 1. The number of rotatable bonds is 6. The fraction of sp³-hybridized carbons (Fsp3) is 0.438. The van der Waals surface area contributed by atoms with E-state index in [-0.39, 0.29) is 0 Å². The number of hydrogen-bond donors (Lipinski definition) is 1. The summed E-state index contributed by atoms with van der Waals surface area (Å²) in [5, 5.41) is 8.10. The van der Waals surface area contributed by atoms with Gasteiger partial charge in [0.25, 0.3) is 0 Å². The van der Waals surface area contributed by atoms with Crippen molar-refractivity contribution in [3.63, 3.8) is 0 Å². The summed E-state index contributed by atoms with van der Waals surface area (Å²) in [4.78, 5) is 0. The van der Waals surface area contributed by atoms with Crippen molar-refractivity contribution in [3.8, 4) is 0 Å². The van der Waals surface area contributed by atoms with Crippen LogP contribution in [-0.2, 0) is 13.5 Å². The third-order valence-electron chi connectivity index (χ3n) is 3.39. The second-order valence-electron chi connectivity index (χ2n) is 5.17. The molecule has 108 valence electrons. The summed E-state index contributed by atoms with van der Waals surface area (Å²) in [6.45, 7) is 5.25. The van der Waals surface area contributed by atoms with Crippen molar-refractivity contribution in [3.05, 3.63) is 51.8 Å². The van der Waals surface area contributed by atoms with Gasteiger partial charge < -0.3 is 5.32 Å². The molecular weight excluding hydrogens is 314 g/mol. The van der Waals surface area contributed by atoms with Crippen LogP contribution in [0.25, 0.3) is 0 Å². The van der Waals surface area contributed by atoms with Crippen LogP contribution in [0.5, 0.6) is 0 Å². The number of aromatic nitrogens is 2. The normalized spacial score (nSPS) is 12.6. The molecule has 0 aliphatic rings. The number of benzene rings is 1. The van der Waals surface area contributed by atoms with Gasteiger partial charge in [0.2, 0.25) is 0 Å². The minimum Gasteiger partial charge on any atom is -0.308 e. The zero-order valence-corrected chi connectivity index (χ0v) is 13.9. The van der Waals surface area contributed by atoms with Gasteiger partial charge in [-0.1, -0.05) is 35.0 Å². The van der Waals surface area contributed by atoms with Gasteiger partial charge in [0.1, 0.15) is 0 Å². The lowest BCUT2D eigenvalue weighted by molar-refractivity contribution is 0.493. The van der Waals surface area contributed by atoms with Crippen molar-refractivity contribution in [1.82, 2.24) is 15.1 Å². The molecule has 1 atom stereocenters. The molecule has 4 heteroatoms. The number of nitrogens with one attached hydrogen (secondary N) is 1. The summed E-state index contributed by atoms with van der Waals surface area (Å²) in [5.74, 6) is 0. The number of hydrogen-bond acceptors (Lipinski definition) is 2. The van der Waals surface area contributed by atoms with Crippen LogP contribution in [0.4, 0.5) is 0 Å². The molecule has 0 bridgehead atoms. The summed E-state index contributed by atoms with van der Waals surface area (Å²) in [6, 6.07) is 11.0. The second kappa shape index (κ2) is 7.04. The molecule has 0 aliphatic heterocycles. The molecule has 0 spiro atoms. The van der Waals surface area contributed by atoms with Crippen LogP contribution in [0, 0.1) is 6.92 Å². The van der Waals surface area contributed by atoms with Crippen LogP contribution in [0.2, 0.25) is 0 Å². The maximum absolute atomic E-state index is 4.46. The van der Waals surface area contributed by atoms with Gasteiger partial charge in [-0.05, 0) is 50.1 Å². The first kappa shape index (κ1) is 15.3. The highest BCUT2D eigenvalue weighted by atomic mass is 79.9. The first-order valence-electron chi connectivity index (χ1n) is 7.08. The molecule has 0 aliphatic carbocycles. The van der Waals surface area contributed by atoms with E-state index in [4.69, 9.17) is 0 Å². The van der Waals surface area contributed by atoms with Crippen molar-refractivity contribution < 1.29 is 0 Å². The second-order valence-corrected chi connectivity index (χ2v) is 6.09. The molecule has 3 nitrogen and oxygen atoms in total. The lowest BCUT2D eigenvalue weighted by atomic mass is 10.0. The van der Waals surface area contributed by atoms with Crippen LogP contribution >= 0.6 is 15.9 Å². The van der Waals surface area contributed by atoms with E-state index in [1.807, 2.05) is 18.7 Å². The molecule has 1 N–H and O–H groups in total. The third-order valence-corrected chi connectivity index (χ3v) is 3.92. The monoisotopic (exact) mass is 335 g/mol. The minimum atomic E-state index is 0.308.